The first-order valence-corrected chi connectivity index (χ1v) is 8.73. The third-order valence-corrected chi connectivity index (χ3v) is 5.16. The van der Waals surface area contributed by atoms with Crippen molar-refractivity contribution in [2.45, 2.75) is 19.9 Å². The van der Waals surface area contributed by atoms with Crippen LogP contribution in [0.3, 0.4) is 0 Å². The third-order valence-electron chi connectivity index (χ3n) is 4.13. The number of carbonyl (C=O) groups excluding carboxylic acids is 1. The first kappa shape index (κ1) is 16.1. The lowest BCUT2D eigenvalue weighted by Gasteiger charge is -2.29. The van der Waals surface area contributed by atoms with E-state index in [2.05, 4.69) is 4.99 Å². The zero-order valence-corrected chi connectivity index (χ0v) is 14.4. The van der Waals surface area contributed by atoms with E-state index in [1.54, 1.807) is 18.9 Å². The van der Waals surface area contributed by atoms with Crippen molar-refractivity contribution in [2.24, 2.45) is 4.99 Å². The van der Waals surface area contributed by atoms with E-state index in [1.165, 1.54) is 4.90 Å². The molecule has 6 heteroatoms. The molecule has 1 fully saturated rings. The molecule has 1 aromatic rings. The highest BCUT2D eigenvalue weighted by atomic mass is 32.2. The molecule has 2 aliphatic rings. The van der Waals surface area contributed by atoms with Gasteiger partial charge in [0, 0.05) is 5.56 Å². The van der Waals surface area contributed by atoms with Crippen LogP contribution < -0.4 is 9.64 Å². The second-order valence-corrected chi connectivity index (χ2v) is 6.55. The number of benzene rings is 1. The number of nitrogens with one attached hydrogen (secondary N) is 1. The molecule has 2 atom stereocenters. The smallest absolute Gasteiger partial charge is 0.342 e. The molecule has 2 unspecified atom stereocenters. The lowest BCUT2D eigenvalue weighted by molar-refractivity contribution is -0.825. The minimum atomic E-state index is -0.266. The topological polar surface area (TPSA) is 52.3 Å². The van der Waals surface area contributed by atoms with Crippen LogP contribution in [0.15, 0.2) is 40.5 Å². The van der Waals surface area contributed by atoms with E-state index in [0.717, 1.165) is 34.5 Å². The third kappa shape index (κ3) is 3.01. The molecule has 2 aliphatic heterocycles. The van der Waals surface area contributed by atoms with Crippen LogP contribution in [0.2, 0.25) is 0 Å². The van der Waals surface area contributed by atoms with E-state index in [0.29, 0.717) is 12.2 Å². The maximum absolute atomic E-state index is 12.5. The van der Waals surface area contributed by atoms with Crippen LogP contribution in [0, 0.1) is 0 Å². The highest BCUT2D eigenvalue weighted by Crippen LogP contribution is 2.30. The molecular formula is C17H21N2O3S+. The van der Waals surface area contributed by atoms with E-state index in [-0.39, 0.29) is 12.0 Å². The maximum Gasteiger partial charge on any atom is 0.342 e. The van der Waals surface area contributed by atoms with Crippen molar-refractivity contribution < 1.29 is 19.2 Å². The number of esters is 1. The fourth-order valence-corrected chi connectivity index (χ4v) is 4.19. The fourth-order valence-electron chi connectivity index (χ4n) is 3.06. The molecule has 0 aliphatic carbocycles. The molecular weight excluding hydrogens is 312 g/mol. The summed E-state index contributed by atoms with van der Waals surface area (Å²) in [5.74, 6) is 1.56. The van der Waals surface area contributed by atoms with E-state index in [9.17, 15) is 4.79 Å². The van der Waals surface area contributed by atoms with Gasteiger partial charge in [-0.2, -0.15) is 4.99 Å². The Morgan fingerprint density at radius 3 is 2.78 bits per heavy atom. The number of hydrogen-bond acceptors (Lipinski definition) is 5. The summed E-state index contributed by atoms with van der Waals surface area (Å²) < 4.78 is 10.5. The van der Waals surface area contributed by atoms with Gasteiger partial charge in [0.05, 0.1) is 31.7 Å². The van der Waals surface area contributed by atoms with E-state index in [1.807, 2.05) is 38.1 Å². The van der Waals surface area contributed by atoms with E-state index >= 15 is 0 Å². The highest BCUT2D eigenvalue weighted by molar-refractivity contribution is 8.13. The van der Waals surface area contributed by atoms with Crippen molar-refractivity contribution >= 4 is 22.9 Å². The minimum Gasteiger partial charge on any atom is -0.497 e. The molecule has 5 nitrogen and oxygen atoms in total. The van der Waals surface area contributed by atoms with Crippen molar-refractivity contribution in [3.05, 3.63) is 41.1 Å². The van der Waals surface area contributed by atoms with Gasteiger partial charge < -0.3 is 9.47 Å². The first-order chi connectivity index (χ1) is 11.2. The molecule has 0 radical (unpaired) electrons. The molecule has 3 rings (SSSR count). The summed E-state index contributed by atoms with van der Waals surface area (Å²) >= 11 is 1.77. The zero-order chi connectivity index (χ0) is 16.4. The molecule has 23 heavy (non-hydrogen) atoms. The number of fused-ring (bicyclic) bond motifs is 1. The van der Waals surface area contributed by atoms with Gasteiger partial charge in [-0.15, -0.1) is 0 Å². The predicted molar refractivity (Wildman–Crippen MR) is 90.8 cm³/mol. The Kier molecular flexibility index (Phi) is 4.73. The molecule has 1 N–H and O–H groups in total. The van der Waals surface area contributed by atoms with Gasteiger partial charge in [-0.1, -0.05) is 0 Å². The fraction of sp³-hybridized carbons (Fsp3) is 0.412. The summed E-state index contributed by atoms with van der Waals surface area (Å²) in [6.45, 7) is 5.04. The average molecular weight is 333 g/mol. The van der Waals surface area contributed by atoms with Crippen LogP contribution in [-0.4, -0.2) is 37.2 Å². The molecule has 1 aromatic carbocycles. The van der Waals surface area contributed by atoms with Crippen LogP contribution in [0.1, 0.15) is 25.5 Å². The summed E-state index contributed by atoms with van der Waals surface area (Å²) in [7, 11) is 1.65. The van der Waals surface area contributed by atoms with Crippen molar-refractivity contribution in [3.63, 3.8) is 0 Å². The quantitative estimate of drug-likeness (QED) is 0.850. The van der Waals surface area contributed by atoms with Crippen LogP contribution in [0.5, 0.6) is 5.75 Å². The molecule has 0 spiro atoms. The number of rotatable bonds is 4. The van der Waals surface area contributed by atoms with E-state index in [4.69, 9.17) is 9.47 Å². The molecule has 122 valence electrons. The Morgan fingerprint density at radius 1 is 1.39 bits per heavy atom. The normalized spacial score (nSPS) is 23.3. The van der Waals surface area contributed by atoms with Crippen LogP contribution >= 0.6 is 11.8 Å². The first-order valence-electron chi connectivity index (χ1n) is 7.75. The number of allylic oxidation sites excluding steroid dienone is 1. The summed E-state index contributed by atoms with van der Waals surface area (Å²) in [4.78, 5) is 18.4. The minimum absolute atomic E-state index is 0.0672. The average Bonchev–Trinajstić information content (AvgIpc) is 3.01. The number of ether oxygens (including phenoxy) is 2. The number of thioether (sulfide) groups is 1. The predicted octanol–water partition coefficient (Wildman–Crippen LogP) is 1.57. The number of aliphatic imine (C=N–C) groups is 1. The van der Waals surface area contributed by atoms with Crippen LogP contribution in [-0.2, 0) is 9.53 Å². The summed E-state index contributed by atoms with van der Waals surface area (Å²) in [6.07, 6.45) is 0. The number of amidine groups is 1. The van der Waals surface area contributed by atoms with Gasteiger partial charge in [0.1, 0.15) is 11.3 Å². The van der Waals surface area contributed by atoms with Crippen LogP contribution in [0.4, 0.5) is 0 Å². The van der Waals surface area contributed by atoms with Gasteiger partial charge in [0.15, 0.2) is 6.04 Å². The SMILES string of the molecule is CCOC(=O)C1=C(C)N=C2SCC[NH+]2C1c1ccc(OC)cc1. The van der Waals surface area contributed by atoms with Gasteiger partial charge in [-0.05, 0) is 49.9 Å². The Labute approximate surface area is 140 Å². The summed E-state index contributed by atoms with van der Waals surface area (Å²) in [5.41, 5.74) is 2.51. The number of nitrogens with zero attached hydrogens (tertiary/aromatic N) is 1. The summed E-state index contributed by atoms with van der Waals surface area (Å²) in [5, 5.41) is 1.07. The van der Waals surface area contributed by atoms with Crippen molar-refractivity contribution in [1.82, 2.24) is 0 Å². The summed E-state index contributed by atoms with van der Waals surface area (Å²) in [6, 6.07) is 7.84. The Balaban J connectivity index is 2.04. The largest absolute Gasteiger partial charge is 0.497 e. The monoisotopic (exact) mass is 333 g/mol. The molecule has 1 saturated heterocycles. The molecule has 0 bridgehead atoms. The lowest BCUT2D eigenvalue weighted by atomic mass is 9.94. The zero-order valence-electron chi connectivity index (χ0n) is 13.6. The Morgan fingerprint density at radius 2 is 2.13 bits per heavy atom. The Hall–Kier alpha value is -1.79. The maximum atomic E-state index is 12.5. The standard InChI is InChI=1S/C17H20N2O3S/c1-4-22-16(20)14-11(2)18-17-19(9-10-23-17)15(14)12-5-7-13(21-3)8-6-12/h5-8,15H,4,9-10H2,1-3H3/p+1. The van der Waals surface area contributed by atoms with Crippen molar-refractivity contribution in [3.8, 4) is 5.75 Å². The van der Waals surface area contributed by atoms with Gasteiger partial charge in [-0.25, -0.2) is 4.79 Å². The molecule has 2 heterocycles. The van der Waals surface area contributed by atoms with Crippen molar-refractivity contribution in [1.29, 1.82) is 0 Å². The second-order valence-electron chi connectivity index (χ2n) is 5.47. The van der Waals surface area contributed by atoms with E-state index < -0.39 is 0 Å². The molecule has 0 aromatic heterocycles. The highest BCUT2D eigenvalue weighted by Gasteiger charge is 2.43. The van der Waals surface area contributed by atoms with Crippen LogP contribution in [0.25, 0.3) is 0 Å². The second kappa shape index (κ2) is 6.76. The number of methoxy groups -OCH3 is 1. The Bertz CT molecular complexity index is 667. The molecule has 0 amide bonds. The number of quaternary nitrogens is 1. The van der Waals surface area contributed by atoms with Gasteiger partial charge >= 0.3 is 5.97 Å². The van der Waals surface area contributed by atoms with Gasteiger partial charge in [0.25, 0.3) is 5.17 Å². The molecule has 0 saturated carbocycles. The lowest BCUT2D eigenvalue weighted by Crippen LogP contribution is -3.13. The number of hydrogen-bond donors (Lipinski definition) is 1. The van der Waals surface area contributed by atoms with Gasteiger partial charge in [0.2, 0.25) is 0 Å². The number of carbonyl (C=O) groups is 1. The van der Waals surface area contributed by atoms with Crippen molar-refractivity contribution in [2.75, 3.05) is 26.0 Å². The van der Waals surface area contributed by atoms with Gasteiger partial charge in [-0.3, -0.25) is 4.90 Å².